The molecule has 2 aliphatic heterocycles. The van der Waals surface area contributed by atoms with Gasteiger partial charge in [0, 0.05) is 6.54 Å². The van der Waals surface area contributed by atoms with E-state index in [4.69, 9.17) is 14.9 Å². The first-order valence-corrected chi connectivity index (χ1v) is 8.30. The second kappa shape index (κ2) is 7.55. The molecule has 0 radical (unpaired) electrons. The second-order valence-electron chi connectivity index (χ2n) is 5.24. The monoisotopic (exact) mass is 406 g/mol. The molecule has 0 bridgehead atoms. The molecule has 2 aliphatic rings. The number of imide groups is 1. The number of nitrogens with zero attached hydrogens (tertiary/aromatic N) is 2. The van der Waals surface area contributed by atoms with E-state index < -0.39 is 57.7 Å². The molecule has 2 fully saturated rings. The number of likely N-dealkylation sites (tertiary alicyclic amines) is 1. The number of hydrogen-bond donors (Lipinski definition) is 3. The van der Waals surface area contributed by atoms with Gasteiger partial charge in [0.2, 0.25) is 0 Å². The summed E-state index contributed by atoms with van der Waals surface area (Å²) in [5, 5.41) is 14.9. The highest BCUT2D eigenvalue weighted by atomic mass is 32.2. The number of carboxylic acid groups (broad SMARTS) is 1. The highest BCUT2D eigenvalue weighted by molar-refractivity contribution is 7.87. The average molecular weight is 406 g/mol. The Hall–Kier alpha value is -2.26. The summed E-state index contributed by atoms with van der Waals surface area (Å²) >= 11 is 0. The van der Waals surface area contributed by atoms with Gasteiger partial charge in [-0.1, -0.05) is 0 Å². The molecule has 148 valence electrons. The van der Waals surface area contributed by atoms with E-state index in [2.05, 4.69) is 0 Å². The lowest BCUT2D eigenvalue weighted by Crippen LogP contribution is -2.46. The van der Waals surface area contributed by atoms with Crippen LogP contribution in [0.15, 0.2) is 0 Å². The SMILES string of the molecule is O=C(O)[C@@H]1CCCN1C(=O)C(F)(F)F.O=C1CC(S(=O)(=O)O)C(=O)N1O. The molecule has 3 amide bonds. The van der Waals surface area contributed by atoms with Crippen molar-refractivity contribution >= 4 is 33.8 Å². The van der Waals surface area contributed by atoms with Gasteiger partial charge in [-0.3, -0.25) is 24.1 Å². The Morgan fingerprint density at radius 1 is 1.19 bits per heavy atom. The van der Waals surface area contributed by atoms with Crippen LogP contribution in [-0.2, 0) is 29.3 Å². The Labute approximate surface area is 143 Å². The summed E-state index contributed by atoms with van der Waals surface area (Å²) in [6, 6.07) is -1.33. The van der Waals surface area contributed by atoms with Crippen LogP contribution in [0.1, 0.15) is 19.3 Å². The molecular weight excluding hydrogens is 393 g/mol. The highest BCUT2D eigenvalue weighted by Gasteiger charge is 2.48. The molecule has 0 spiro atoms. The van der Waals surface area contributed by atoms with Crippen molar-refractivity contribution in [1.82, 2.24) is 9.96 Å². The number of hydrogen-bond acceptors (Lipinski definition) is 7. The predicted molar refractivity (Wildman–Crippen MR) is 72.0 cm³/mol. The Morgan fingerprint density at radius 2 is 1.73 bits per heavy atom. The Kier molecular flexibility index (Phi) is 6.32. The van der Waals surface area contributed by atoms with Gasteiger partial charge in [0.25, 0.3) is 21.9 Å². The van der Waals surface area contributed by atoms with Gasteiger partial charge in [-0.05, 0) is 12.8 Å². The fourth-order valence-electron chi connectivity index (χ4n) is 2.25. The maximum absolute atomic E-state index is 12.0. The highest BCUT2D eigenvalue weighted by Crippen LogP contribution is 2.25. The van der Waals surface area contributed by atoms with Gasteiger partial charge in [-0.15, -0.1) is 0 Å². The van der Waals surface area contributed by atoms with Crippen molar-refractivity contribution in [2.75, 3.05) is 6.54 Å². The Morgan fingerprint density at radius 3 is 2.04 bits per heavy atom. The van der Waals surface area contributed by atoms with Crippen LogP contribution in [0.4, 0.5) is 13.2 Å². The predicted octanol–water partition coefficient (Wildman–Crippen LogP) is -0.985. The summed E-state index contributed by atoms with van der Waals surface area (Å²) in [7, 11) is -4.59. The molecule has 11 nitrogen and oxygen atoms in total. The third-order valence-corrected chi connectivity index (χ3v) is 4.57. The molecule has 0 aromatic rings. The zero-order valence-corrected chi connectivity index (χ0v) is 13.5. The largest absolute Gasteiger partial charge is 0.480 e. The molecule has 3 N–H and O–H groups in total. The maximum atomic E-state index is 12.0. The smallest absolute Gasteiger partial charge is 0.471 e. The third-order valence-electron chi connectivity index (χ3n) is 3.48. The van der Waals surface area contributed by atoms with Crippen LogP contribution in [0, 0.1) is 0 Å². The van der Waals surface area contributed by atoms with Crippen LogP contribution in [0.5, 0.6) is 0 Å². The van der Waals surface area contributed by atoms with Crippen LogP contribution in [-0.4, -0.2) is 81.0 Å². The summed E-state index contributed by atoms with van der Waals surface area (Å²) in [6.45, 7) is -0.144. The molecule has 2 atom stereocenters. The fraction of sp³-hybridized carbons (Fsp3) is 0.636. The lowest BCUT2D eigenvalue weighted by atomic mass is 10.2. The molecule has 2 rings (SSSR count). The average Bonchev–Trinajstić information content (AvgIpc) is 3.06. The summed E-state index contributed by atoms with van der Waals surface area (Å²) in [4.78, 5) is 42.8. The lowest BCUT2D eigenvalue weighted by Gasteiger charge is -2.22. The zero-order valence-electron chi connectivity index (χ0n) is 12.7. The number of carboxylic acids is 1. The van der Waals surface area contributed by atoms with Crippen LogP contribution >= 0.6 is 0 Å². The molecule has 0 saturated carbocycles. The van der Waals surface area contributed by atoms with Crippen molar-refractivity contribution in [1.29, 1.82) is 0 Å². The fourth-order valence-corrected chi connectivity index (χ4v) is 2.96. The Bertz CT molecular complexity index is 721. The van der Waals surface area contributed by atoms with E-state index in [0.717, 1.165) is 0 Å². The van der Waals surface area contributed by atoms with Gasteiger partial charge in [-0.25, -0.2) is 4.79 Å². The van der Waals surface area contributed by atoms with Crippen LogP contribution in [0.2, 0.25) is 0 Å². The van der Waals surface area contributed by atoms with Gasteiger partial charge in [0.05, 0.1) is 6.42 Å². The van der Waals surface area contributed by atoms with Crippen LogP contribution < -0.4 is 0 Å². The van der Waals surface area contributed by atoms with E-state index in [1.54, 1.807) is 0 Å². The summed E-state index contributed by atoms with van der Waals surface area (Å²) in [6.07, 6.45) is -5.33. The Balaban J connectivity index is 0.000000263. The molecule has 1 unspecified atom stereocenters. The molecule has 26 heavy (non-hydrogen) atoms. The minimum absolute atomic E-state index is 0.0805. The third kappa shape index (κ3) is 4.89. The van der Waals surface area contributed by atoms with Gasteiger partial charge < -0.3 is 10.0 Å². The van der Waals surface area contributed by atoms with Crippen LogP contribution in [0.25, 0.3) is 0 Å². The molecule has 0 aliphatic carbocycles. The van der Waals surface area contributed by atoms with Crippen molar-refractivity contribution in [3.05, 3.63) is 0 Å². The summed E-state index contributed by atoms with van der Waals surface area (Å²) in [5.74, 6) is -5.81. The number of hydroxylamine groups is 2. The number of carbonyl (C=O) groups excluding carboxylic acids is 3. The van der Waals surface area contributed by atoms with Gasteiger partial charge >= 0.3 is 18.1 Å². The number of halogens is 3. The topological polar surface area (TPSA) is 170 Å². The van der Waals surface area contributed by atoms with Gasteiger partial charge in [0.15, 0.2) is 5.25 Å². The quantitative estimate of drug-likeness (QED) is 0.296. The van der Waals surface area contributed by atoms with Crippen molar-refractivity contribution in [3.63, 3.8) is 0 Å². The molecule has 2 heterocycles. The minimum Gasteiger partial charge on any atom is -0.480 e. The first kappa shape index (κ1) is 21.8. The normalized spacial score (nSPS) is 23.7. The number of amides is 3. The molecule has 2 saturated heterocycles. The molecular formula is C11H13F3N2O9S. The number of rotatable bonds is 2. The first-order valence-electron chi connectivity index (χ1n) is 6.80. The van der Waals surface area contributed by atoms with E-state index in [1.165, 1.54) is 0 Å². The lowest BCUT2D eigenvalue weighted by molar-refractivity contribution is -0.187. The minimum atomic E-state index is -4.99. The summed E-state index contributed by atoms with van der Waals surface area (Å²) in [5.41, 5.74) is 0. The van der Waals surface area contributed by atoms with Crippen LogP contribution in [0.3, 0.4) is 0 Å². The molecule has 15 heteroatoms. The van der Waals surface area contributed by atoms with E-state index in [0.29, 0.717) is 11.3 Å². The summed E-state index contributed by atoms with van der Waals surface area (Å²) < 4.78 is 65.0. The van der Waals surface area contributed by atoms with E-state index in [9.17, 15) is 40.8 Å². The number of carbonyl (C=O) groups is 4. The van der Waals surface area contributed by atoms with Gasteiger partial charge in [-0.2, -0.15) is 26.7 Å². The van der Waals surface area contributed by atoms with E-state index in [-0.39, 0.29) is 18.0 Å². The van der Waals surface area contributed by atoms with Crippen molar-refractivity contribution in [2.45, 2.75) is 36.7 Å². The van der Waals surface area contributed by atoms with Crippen molar-refractivity contribution in [3.8, 4) is 0 Å². The molecule has 0 aromatic heterocycles. The van der Waals surface area contributed by atoms with Gasteiger partial charge in [0.1, 0.15) is 6.04 Å². The maximum Gasteiger partial charge on any atom is 0.471 e. The standard InChI is InChI=1S/C7H8F3NO3.C4H5NO6S/c8-7(9,10)6(14)11-3-1-2-4(11)5(12)13;6-3-1-2(12(9,10)11)4(7)5(3)8/h4H,1-3H2,(H,12,13);2,8H,1H2,(H,9,10,11)/t4-;/m0./s1. The zero-order chi connectivity index (χ0) is 20.4. The number of alkyl halides is 3. The van der Waals surface area contributed by atoms with Crippen molar-refractivity contribution < 1.29 is 55.6 Å². The van der Waals surface area contributed by atoms with E-state index >= 15 is 0 Å². The number of aliphatic carboxylic acids is 1. The molecule has 0 aromatic carbocycles. The second-order valence-corrected chi connectivity index (χ2v) is 6.84. The van der Waals surface area contributed by atoms with E-state index in [1.807, 2.05) is 0 Å². The van der Waals surface area contributed by atoms with Crippen molar-refractivity contribution in [2.24, 2.45) is 0 Å². The first-order chi connectivity index (χ1) is 11.7.